The first-order valence-electron chi connectivity index (χ1n) is 9.42. The average molecular weight is 369 g/mol. The highest BCUT2D eigenvalue weighted by molar-refractivity contribution is 5.72. The van der Waals surface area contributed by atoms with E-state index in [2.05, 4.69) is 0 Å². The molecule has 0 bridgehead atoms. The molecule has 0 radical (unpaired) electrons. The fourth-order valence-electron chi connectivity index (χ4n) is 3.89. The van der Waals surface area contributed by atoms with Crippen LogP contribution in [0, 0.1) is 0 Å². The monoisotopic (exact) mass is 369 g/mol. The molecule has 2 atom stereocenters. The summed E-state index contributed by atoms with van der Waals surface area (Å²) in [6.07, 6.45) is -1.25. The summed E-state index contributed by atoms with van der Waals surface area (Å²) in [7, 11) is 0. The van der Waals surface area contributed by atoms with Crippen molar-refractivity contribution in [3.8, 4) is 0 Å². The third kappa shape index (κ3) is 3.43. The number of hydrogen-bond acceptors (Lipinski definition) is 4. The maximum Gasteiger partial charge on any atom is 0.413 e. The third-order valence-corrected chi connectivity index (χ3v) is 5.41. The Balaban J connectivity index is 1.65. The van der Waals surface area contributed by atoms with Gasteiger partial charge in [0.25, 0.3) is 0 Å². The lowest BCUT2D eigenvalue weighted by atomic mass is 9.91. The van der Waals surface area contributed by atoms with Crippen molar-refractivity contribution in [3.05, 3.63) is 71.8 Å². The highest BCUT2D eigenvalue weighted by Gasteiger charge is 2.56. The molecule has 2 aliphatic rings. The maximum absolute atomic E-state index is 12.7. The molecule has 27 heavy (non-hydrogen) atoms. The van der Waals surface area contributed by atoms with Gasteiger partial charge in [-0.3, -0.25) is 4.90 Å². The van der Waals surface area contributed by atoms with E-state index in [4.69, 9.17) is 9.47 Å². The van der Waals surface area contributed by atoms with E-state index in [0.29, 0.717) is 12.1 Å². The molecule has 2 heterocycles. The van der Waals surface area contributed by atoms with E-state index in [1.165, 1.54) is 9.80 Å². The van der Waals surface area contributed by atoms with E-state index in [0.717, 1.165) is 38.4 Å². The lowest BCUT2D eigenvalue weighted by molar-refractivity contribution is -0.907. The second-order valence-electron chi connectivity index (χ2n) is 7.03. The Morgan fingerprint density at radius 1 is 1.04 bits per heavy atom. The van der Waals surface area contributed by atoms with Gasteiger partial charge in [-0.1, -0.05) is 60.7 Å². The van der Waals surface area contributed by atoms with Crippen LogP contribution in [0.5, 0.6) is 0 Å². The van der Waals surface area contributed by atoms with Gasteiger partial charge in [-0.15, -0.1) is 0 Å². The van der Waals surface area contributed by atoms with Crippen LogP contribution in [0.2, 0.25) is 0 Å². The Labute approximate surface area is 158 Å². The van der Waals surface area contributed by atoms with Crippen molar-refractivity contribution in [2.24, 2.45) is 0 Å². The molecule has 2 fully saturated rings. The van der Waals surface area contributed by atoms with Gasteiger partial charge in [-0.25, -0.2) is 4.79 Å². The fraction of sp³-hybridized carbons (Fsp3) is 0.381. The molecule has 2 saturated heterocycles. The second-order valence-corrected chi connectivity index (χ2v) is 7.03. The predicted molar refractivity (Wildman–Crippen MR) is 99.1 cm³/mol. The van der Waals surface area contributed by atoms with Gasteiger partial charge in [0.15, 0.2) is 6.10 Å². The van der Waals surface area contributed by atoms with Crippen LogP contribution in [-0.2, 0) is 15.2 Å². The third-order valence-electron chi connectivity index (χ3n) is 5.41. The highest BCUT2D eigenvalue weighted by atomic mass is 16.6. The zero-order chi connectivity index (χ0) is 18.7. The van der Waals surface area contributed by atoms with Crippen molar-refractivity contribution in [2.45, 2.75) is 11.8 Å². The van der Waals surface area contributed by atoms with Crippen LogP contribution in [-0.4, -0.2) is 55.5 Å². The number of hydrogen-bond donors (Lipinski definition) is 2. The van der Waals surface area contributed by atoms with Crippen LogP contribution in [0.25, 0.3) is 0 Å². The highest BCUT2D eigenvalue weighted by Crippen LogP contribution is 2.46. The Morgan fingerprint density at radius 3 is 2.33 bits per heavy atom. The maximum atomic E-state index is 12.7. The number of rotatable bonds is 5. The summed E-state index contributed by atoms with van der Waals surface area (Å²) in [6.45, 7) is 4.45. The number of carbonyl (C=O) groups is 1. The van der Waals surface area contributed by atoms with Gasteiger partial charge in [0.2, 0.25) is 5.72 Å². The number of ether oxygens (including phenoxy) is 2. The van der Waals surface area contributed by atoms with Crippen LogP contribution in [0.1, 0.15) is 17.2 Å². The first-order valence-corrected chi connectivity index (χ1v) is 9.42. The van der Waals surface area contributed by atoms with Crippen LogP contribution in [0.15, 0.2) is 60.7 Å². The van der Waals surface area contributed by atoms with E-state index < -0.39 is 17.9 Å². The van der Waals surface area contributed by atoms with Crippen LogP contribution in [0.3, 0.4) is 0 Å². The zero-order valence-corrected chi connectivity index (χ0v) is 15.2. The molecule has 0 aromatic heterocycles. The largest absolute Gasteiger partial charge is 0.436 e. The van der Waals surface area contributed by atoms with Gasteiger partial charge in [0.05, 0.1) is 26.3 Å². The lowest BCUT2D eigenvalue weighted by Crippen LogP contribution is -3.14. The minimum atomic E-state index is -1.54. The Kier molecular flexibility index (Phi) is 5.11. The smallest absolute Gasteiger partial charge is 0.413 e. The van der Waals surface area contributed by atoms with E-state index in [1.807, 2.05) is 60.7 Å². The summed E-state index contributed by atoms with van der Waals surface area (Å²) in [6, 6.07) is 18.7. The molecular formula is C21H25N2O4+. The molecule has 1 amide bonds. The predicted octanol–water partition coefficient (Wildman–Crippen LogP) is 0.940. The number of cyclic esters (lactones) is 1. The van der Waals surface area contributed by atoms with E-state index in [-0.39, 0.29) is 0 Å². The van der Waals surface area contributed by atoms with Gasteiger partial charge < -0.3 is 19.5 Å². The molecule has 2 aromatic carbocycles. The van der Waals surface area contributed by atoms with E-state index in [1.54, 1.807) is 0 Å². The van der Waals surface area contributed by atoms with Crippen LogP contribution < -0.4 is 4.90 Å². The molecule has 0 spiro atoms. The van der Waals surface area contributed by atoms with Crippen molar-refractivity contribution >= 4 is 6.09 Å². The lowest BCUT2D eigenvalue weighted by Gasteiger charge is -2.35. The molecule has 6 nitrogen and oxygen atoms in total. The van der Waals surface area contributed by atoms with Crippen molar-refractivity contribution in [1.29, 1.82) is 0 Å². The van der Waals surface area contributed by atoms with Crippen molar-refractivity contribution in [1.82, 2.24) is 4.90 Å². The Bertz CT molecular complexity index is 764. The number of amides is 1. The number of morpholine rings is 1. The Morgan fingerprint density at radius 2 is 1.67 bits per heavy atom. The number of nitrogens with zero attached hydrogens (tertiary/aromatic N) is 1. The summed E-state index contributed by atoms with van der Waals surface area (Å²) < 4.78 is 11.1. The summed E-state index contributed by atoms with van der Waals surface area (Å²) >= 11 is 0. The number of benzene rings is 2. The fourth-order valence-corrected chi connectivity index (χ4v) is 3.89. The topological polar surface area (TPSA) is 63.4 Å². The van der Waals surface area contributed by atoms with Gasteiger partial charge >= 0.3 is 6.09 Å². The first-order chi connectivity index (χ1) is 13.2. The summed E-state index contributed by atoms with van der Waals surface area (Å²) in [5.41, 5.74) is -0.106. The second kappa shape index (κ2) is 7.68. The van der Waals surface area contributed by atoms with Crippen molar-refractivity contribution < 1.29 is 24.3 Å². The molecule has 142 valence electrons. The molecule has 0 unspecified atom stereocenters. The van der Waals surface area contributed by atoms with E-state index in [9.17, 15) is 9.90 Å². The van der Waals surface area contributed by atoms with Gasteiger partial charge in [-0.2, -0.15) is 0 Å². The van der Waals surface area contributed by atoms with Crippen LogP contribution in [0.4, 0.5) is 4.79 Å². The molecule has 2 aromatic rings. The number of aliphatic hydroxyl groups is 1. The molecule has 2 aliphatic heterocycles. The number of nitrogens with one attached hydrogen (secondary N) is 1. The molecule has 4 rings (SSSR count). The summed E-state index contributed by atoms with van der Waals surface area (Å²) in [5, 5.41) is 11.8. The SMILES string of the molecule is O=C1O[C@@H](c2ccccc2)[C@](O)(c2ccccc2)N1CC[NH+]1CCOCC1. The van der Waals surface area contributed by atoms with Crippen LogP contribution >= 0.6 is 0 Å². The summed E-state index contributed by atoms with van der Waals surface area (Å²) in [5.74, 6) is 0. The minimum Gasteiger partial charge on any atom is -0.436 e. The number of carbonyl (C=O) groups excluding carboxylic acids is 1. The quantitative estimate of drug-likeness (QED) is 0.824. The average Bonchev–Trinajstić information content (AvgIpc) is 2.99. The molecule has 0 saturated carbocycles. The normalized spacial score (nSPS) is 26.2. The molecule has 6 heteroatoms. The molecular weight excluding hydrogens is 344 g/mol. The summed E-state index contributed by atoms with van der Waals surface area (Å²) in [4.78, 5) is 15.6. The number of quaternary nitrogens is 1. The van der Waals surface area contributed by atoms with Gasteiger partial charge in [-0.05, 0) is 5.56 Å². The minimum absolute atomic E-state index is 0.420. The molecule has 0 aliphatic carbocycles. The standard InChI is InChI=1S/C21H24N2O4/c24-20-23(12-11-22-13-15-26-16-14-22)21(25,18-9-5-2-6-10-18)19(27-20)17-7-3-1-4-8-17/h1-10,19,25H,11-16H2/p+1/t19-,21+/m0/s1. The first kappa shape index (κ1) is 18.0. The van der Waals surface area contributed by atoms with Gasteiger partial charge in [0, 0.05) is 5.56 Å². The molecule has 2 N–H and O–H groups in total. The van der Waals surface area contributed by atoms with Crippen molar-refractivity contribution in [3.63, 3.8) is 0 Å². The Hall–Kier alpha value is -2.41. The zero-order valence-electron chi connectivity index (χ0n) is 15.2. The van der Waals surface area contributed by atoms with Gasteiger partial charge in [0.1, 0.15) is 13.1 Å². The van der Waals surface area contributed by atoms with E-state index >= 15 is 0 Å². The van der Waals surface area contributed by atoms with Crippen molar-refractivity contribution in [2.75, 3.05) is 39.4 Å².